The summed E-state index contributed by atoms with van der Waals surface area (Å²) in [5.41, 5.74) is -0.0147. The van der Waals surface area contributed by atoms with Crippen LogP contribution in [-0.4, -0.2) is 26.6 Å². The molecule has 0 aromatic carbocycles. The Morgan fingerprint density at radius 1 is 1.44 bits per heavy atom. The maximum atomic E-state index is 11.7. The number of halogens is 1. The van der Waals surface area contributed by atoms with E-state index in [0.29, 0.717) is 16.9 Å². The molecule has 0 aliphatic carbocycles. The summed E-state index contributed by atoms with van der Waals surface area (Å²) in [6.45, 7) is 5.35. The smallest absolute Gasteiger partial charge is 0.413 e. The zero-order chi connectivity index (χ0) is 13.3. The monoisotopic (exact) mass is 268 g/mol. The van der Waals surface area contributed by atoms with Crippen LogP contribution in [0.4, 0.5) is 10.6 Å². The number of anilines is 1. The van der Waals surface area contributed by atoms with Crippen molar-refractivity contribution in [2.24, 2.45) is 0 Å². The predicted octanol–water partition coefficient (Wildman–Crippen LogP) is 2.96. The molecular weight excluding hydrogens is 256 g/mol. The van der Waals surface area contributed by atoms with Gasteiger partial charge in [0.2, 0.25) is 5.28 Å². The highest BCUT2D eigenvalue weighted by Gasteiger charge is 2.18. The van der Waals surface area contributed by atoms with Crippen molar-refractivity contribution in [3.05, 3.63) is 17.5 Å². The van der Waals surface area contributed by atoms with E-state index in [-0.39, 0.29) is 5.28 Å². The van der Waals surface area contributed by atoms with E-state index in [1.807, 2.05) is 0 Å². The summed E-state index contributed by atoms with van der Waals surface area (Å²) in [5.74, 6) is 0.320. The Hall–Kier alpha value is -1.82. The lowest BCUT2D eigenvalue weighted by Gasteiger charge is -2.19. The van der Waals surface area contributed by atoms with Crippen molar-refractivity contribution in [2.75, 3.05) is 5.32 Å². The molecule has 2 N–H and O–H groups in total. The Morgan fingerprint density at radius 2 is 2.17 bits per heavy atom. The maximum absolute atomic E-state index is 11.7. The molecule has 7 heteroatoms. The fourth-order valence-electron chi connectivity index (χ4n) is 1.41. The first-order valence-corrected chi connectivity index (χ1v) is 5.73. The first-order chi connectivity index (χ1) is 8.35. The Kier molecular flexibility index (Phi) is 3.13. The molecule has 2 rings (SSSR count). The van der Waals surface area contributed by atoms with E-state index >= 15 is 0 Å². The number of hydrogen-bond donors (Lipinski definition) is 2. The van der Waals surface area contributed by atoms with E-state index in [0.717, 1.165) is 0 Å². The number of H-pyrrole nitrogens is 1. The fraction of sp³-hybridized carbons (Fsp3) is 0.364. The van der Waals surface area contributed by atoms with Crippen LogP contribution in [0.25, 0.3) is 11.0 Å². The van der Waals surface area contributed by atoms with Crippen LogP contribution in [0, 0.1) is 0 Å². The van der Waals surface area contributed by atoms with Crippen LogP contribution in [0.15, 0.2) is 12.3 Å². The number of ether oxygens (including phenoxy) is 1. The molecule has 0 radical (unpaired) electrons. The van der Waals surface area contributed by atoms with Crippen LogP contribution in [0.2, 0.25) is 5.28 Å². The number of aromatic nitrogens is 3. The van der Waals surface area contributed by atoms with Gasteiger partial charge in [0.1, 0.15) is 17.1 Å². The quantitative estimate of drug-likeness (QED) is 0.779. The summed E-state index contributed by atoms with van der Waals surface area (Å²) >= 11 is 5.76. The number of hydrogen-bond acceptors (Lipinski definition) is 4. The topological polar surface area (TPSA) is 79.9 Å². The molecule has 0 unspecified atom stereocenters. The molecule has 2 heterocycles. The van der Waals surface area contributed by atoms with Gasteiger partial charge in [-0.25, -0.2) is 4.79 Å². The molecule has 0 fully saturated rings. The normalized spacial score (nSPS) is 11.6. The van der Waals surface area contributed by atoms with Crippen molar-refractivity contribution >= 4 is 34.5 Å². The van der Waals surface area contributed by atoms with Crippen molar-refractivity contribution in [2.45, 2.75) is 26.4 Å². The van der Waals surface area contributed by atoms with Crippen LogP contribution in [0.5, 0.6) is 0 Å². The molecule has 6 nitrogen and oxygen atoms in total. The number of fused-ring (bicyclic) bond motifs is 1. The van der Waals surface area contributed by atoms with E-state index in [1.165, 1.54) is 0 Å². The van der Waals surface area contributed by atoms with E-state index < -0.39 is 11.7 Å². The molecule has 0 aliphatic rings. The fourth-order valence-corrected chi connectivity index (χ4v) is 1.58. The number of carbonyl (C=O) groups excluding carboxylic acids is 1. The molecule has 0 saturated carbocycles. The van der Waals surface area contributed by atoms with Crippen LogP contribution < -0.4 is 5.32 Å². The van der Waals surface area contributed by atoms with Crippen molar-refractivity contribution in [3.63, 3.8) is 0 Å². The van der Waals surface area contributed by atoms with Gasteiger partial charge in [-0.3, -0.25) is 5.32 Å². The lowest BCUT2D eigenvalue weighted by Crippen LogP contribution is -2.27. The second-order valence-electron chi connectivity index (χ2n) is 4.71. The molecule has 0 spiro atoms. The predicted molar refractivity (Wildman–Crippen MR) is 68.8 cm³/mol. The molecular formula is C11H13ClN4O2. The number of amides is 1. The molecule has 2 aromatic heterocycles. The summed E-state index contributed by atoms with van der Waals surface area (Å²) < 4.78 is 5.14. The molecule has 0 bridgehead atoms. The van der Waals surface area contributed by atoms with Crippen LogP contribution in [0.1, 0.15) is 20.8 Å². The average Bonchev–Trinajstić information content (AvgIpc) is 2.61. The highest BCUT2D eigenvalue weighted by Crippen LogP contribution is 2.21. The minimum Gasteiger partial charge on any atom is -0.444 e. The highest BCUT2D eigenvalue weighted by molar-refractivity contribution is 6.28. The Bertz CT molecular complexity index is 588. The third kappa shape index (κ3) is 2.89. The lowest BCUT2D eigenvalue weighted by molar-refractivity contribution is 0.0635. The molecule has 1 amide bonds. The van der Waals surface area contributed by atoms with Gasteiger partial charge in [-0.2, -0.15) is 9.97 Å². The lowest BCUT2D eigenvalue weighted by atomic mass is 10.2. The number of rotatable bonds is 1. The second-order valence-corrected chi connectivity index (χ2v) is 5.05. The van der Waals surface area contributed by atoms with Crippen molar-refractivity contribution in [1.29, 1.82) is 0 Å². The Labute approximate surface area is 109 Å². The zero-order valence-electron chi connectivity index (χ0n) is 10.2. The van der Waals surface area contributed by atoms with Gasteiger partial charge in [-0.05, 0) is 38.4 Å². The summed E-state index contributed by atoms with van der Waals surface area (Å²) in [5, 5.41) is 3.28. The van der Waals surface area contributed by atoms with Crippen LogP contribution >= 0.6 is 11.6 Å². The number of nitrogens with one attached hydrogen (secondary N) is 2. The molecule has 0 aliphatic heterocycles. The van der Waals surface area contributed by atoms with Gasteiger partial charge in [0.15, 0.2) is 0 Å². The number of nitrogens with zero attached hydrogens (tertiary/aromatic N) is 2. The summed E-state index contributed by atoms with van der Waals surface area (Å²) in [6.07, 6.45) is 1.11. The van der Waals surface area contributed by atoms with E-state index in [1.54, 1.807) is 33.0 Å². The van der Waals surface area contributed by atoms with Gasteiger partial charge in [-0.15, -0.1) is 0 Å². The standard InChI is InChI=1S/C11H13ClN4O2/c1-11(2,3)18-10(17)16-8-6-4-5-13-7(6)14-9(12)15-8/h4-5H,1-3H3,(H2,13,14,15,16,17). The second kappa shape index (κ2) is 4.45. The summed E-state index contributed by atoms with van der Waals surface area (Å²) in [7, 11) is 0. The summed E-state index contributed by atoms with van der Waals surface area (Å²) in [6, 6.07) is 1.75. The minimum absolute atomic E-state index is 0.0519. The minimum atomic E-state index is -0.584. The summed E-state index contributed by atoms with van der Waals surface area (Å²) in [4.78, 5) is 22.5. The van der Waals surface area contributed by atoms with Gasteiger partial charge < -0.3 is 9.72 Å². The highest BCUT2D eigenvalue weighted by atomic mass is 35.5. The largest absolute Gasteiger partial charge is 0.444 e. The zero-order valence-corrected chi connectivity index (χ0v) is 11.0. The van der Waals surface area contributed by atoms with Crippen LogP contribution in [0.3, 0.4) is 0 Å². The first-order valence-electron chi connectivity index (χ1n) is 5.36. The van der Waals surface area contributed by atoms with Crippen LogP contribution in [-0.2, 0) is 4.74 Å². The number of aromatic amines is 1. The van der Waals surface area contributed by atoms with Gasteiger partial charge >= 0.3 is 6.09 Å². The molecule has 0 atom stereocenters. The van der Waals surface area contributed by atoms with Gasteiger partial charge in [0.25, 0.3) is 0 Å². The van der Waals surface area contributed by atoms with Crippen molar-refractivity contribution in [1.82, 2.24) is 15.0 Å². The molecule has 96 valence electrons. The van der Waals surface area contributed by atoms with Gasteiger partial charge in [-0.1, -0.05) is 0 Å². The Balaban J connectivity index is 2.26. The van der Waals surface area contributed by atoms with E-state index in [9.17, 15) is 4.79 Å². The maximum Gasteiger partial charge on any atom is 0.413 e. The molecule has 2 aromatic rings. The van der Waals surface area contributed by atoms with Crippen molar-refractivity contribution < 1.29 is 9.53 Å². The molecule has 0 saturated heterocycles. The first kappa shape index (κ1) is 12.6. The van der Waals surface area contributed by atoms with Gasteiger partial charge in [0.05, 0.1) is 5.39 Å². The van der Waals surface area contributed by atoms with Crippen molar-refractivity contribution in [3.8, 4) is 0 Å². The average molecular weight is 269 g/mol. The van der Waals surface area contributed by atoms with Gasteiger partial charge in [0, 0.05) is 6.20 Å². The SMILES string of the molecule is CC(C)(C)OC(=O)Nc1nc(Cl)nc2[nH]ccc12. The van der Waals surface area contributed by atoms with E-state index in [2.05, 4.69) is 20.3 Å². The molecule has 18 heavy (non-hydrogen) atoms. The third-order valence-corrected chi connectivity index (χ3v) is 2.18. The third-order valence-electron chi connectivity index (χ3n) is 2.01. The number of carbonyl (C=O) groups is 1. The Morgan fingerprint density at radius 3 is 2.83 bits per heavy atom. The van der Waals surface area contributed by atoms with E-state index in [4.69, 9.17) is 16.3 Å².